The number of ether oxygens (including phenoxy) is 2. The van der Waals surface area contributed by atoms with Crippen molar-refractivity contribution in [1.82, 2.24) is 0 Å². The van der Waals surface area contributed by atoms with Gasteiger partial charge in [-0.05, 0) is 88.9 Å². The Bertz CT molecular complexity index is 1360. The summed E-state index contributed by atoms with van der Waals surface area (Å²) in [6.45, 7) is 13.3. The Morgan fingerprint density at radius 3 is 1.55 bits per heavy atom. The molecule has 0 fully saturated rings. The summed E-state index contributed by atoms with van der Waals surface area (Å²) >= 11 is 0. The van der Waals surface area contributed by atoms with E-state index < -0.39 is 0 Å². The zero-order valence-electron chi connectivity index (χ0n) is 23.5. The van der Waals surface area contributed by atoms with E-state index >= 15 is 0 Å². The lowest BCUT2D eigenvalue weighted by atomic mass is 9.97. The van der Waals surface area contributed by atoms with Gasteiger partial charge in [0.15, 0.2) is 0 Å². The van der Waals surface area contributed by atoms with E-state index in [2.05, 4.69) is 112 Å². The third kappa shape index (κ3) is 8.97. The predicted molar refractivity (Wildman–Crippen MR) is 160 cm³/mol. The van der Waals surface area contributed by atoms with Crippen LogP contribution in [-0.2, 0) is 38.9 Å². The van der Waals surface area contributed by atoms with Crippen molar-refractivity contribution in [3.05, 3.63) is 144 Å². The fourth-order valence-corrected chi connectivity index (χ4v) is 4.49. The molecule has 4 rings (SSSR count). The molecule has 0 saturated heterocycles. The number of hydrogen-bond donors (Lipinski definition) is 0. The molecule has 0 aliphatic heterocycles. The van der Waals surface area contributed by atoms with Crippen LogP contribution in [0.3, 0.4) is 0 Å². The smallest absolute Gasteiger partial charge is 0.127 e. The summed E-state index contributed by atoms with van der Waals surface area (Å²) in [6, 6.07) is 30.1. The van der Waals surface area contributed by atoms with Crippen LogP contribution in [0.25, 0.3) is 11.1 Å². The van der Waals surface area contributed by atoms with Gasteiger partial charge in [-0.25, -0.2) is 0 Å². The summed E-state index contributed by atoms with van der Waals surface area (Å²) < 4.78 is 12.6. The molecule has 0 aliphatic carbocycles. The highest BCUT2D eigenvalue weighted by atomic mass is 79.9. The number of benzene rings is 4. The van der Waals surface area contributed by atoms with Crippen molar-refractivity contribution in [2.24, 2.45) is 0 Å². The minimum atomic E-state index is 0. The lowest BCUT2D eigenvalue weighted by Gasteiger charge is -2.16. The molecule has 0 atom stereocenters. The van der Waals surface area contributed by atoms with Crippen molar-refractivity contribution in [3.8, 4) is 22.6 Å². The highest BCUT2D eigenvalue weighted by Crippen LogP contribution is 2.35. The second kappa shape index (κ2) is 16.9. The molecule has 0 amide bonds. The third-order valence-corrected chi connectivity index (χ3v) is 6.81. The van der Waals surface area contributed by atoms with Crippen molar-refractivity contribution >= 4 is 0 Å². The Hall–Kier alpha value is -3.08. The second-order valence-electron chi connectivity index (χ2n) is 9.56. The molecule has 0 aliphatic rings. The first-order valence-corrected chi connectivity index (χ1v) is 13.5. The first-order chi connectivity index (χ1) is 18.6. The summed E-state index contributed by atoms with van der Waals surface area (Å²) in [7, 11) is 0. The zero-order valence-corrected chi connectivity index (χ0v) is 26.6. The molecule has 2 nitrogen and oxygen atoms in total. The molecule has 0 heterocycles. The average Bonchev–Trinajstić information content (AvgIpc) is 2.96. The molecule has 0 unspecified atom stereocenters. The lowest BCUT2D eigenvalue weighted by molar-refractivity contribution is -0.00100. The van der Waals surface area contributed by atoms with Crippen LogP contribution in [-0.4, -0.2) is 0 Å². The maximum absolute atomic E-state index is 6.36. The predicted octanol–water partition coefficient (Wildman–Crippen LogP) is 3.10. The number of aryl methyl sites for hydroxylation is 2. The number of halogens is 2. The van der Waals surface area contributed by atoms with Crippen molar-refractivity contribution in [2.75, 3.05) is 0 Å². The molecule has 0 saturated carbocycles. The first-order valence-electron chi connectivity index (χ1n) is 13.5. The van der Waals surface area contributed by atoms with Gasteiger partial charge in [0.2, 0.25) is 0 Å². The van der Waals surface area contributed by atoms with Gasteiger partial charge in [-0.3, -0.25) is 0 Å². The molecule has 4 aromatic carbocycles. The Morgan fingerprint density at radius 1 is 0.550 bits per heavy atom. The van der Waals surface area contributed by atoms with Crippen LogP contribution in [0.5, 0.6) is 11.5 Å². The Morgan fingerprint density at radius 2 is 1.02 bits per heavy atom. The zero-order chi connectivity index (χ0) is 26.7. The van der Waals surface area contributed by atoms with Gasteiger partial charge in [0.05, 0.1) is 0 Å². The van der Waals surface area contributed by atoms with Crippen LogP contribution in [0.2, 0.25) is 0 Å². The van der Waals surface area contributed by atoms with Crippen LogP contribution in [0.15, 0.2) is 110 Å². The van der Waals surface area contributed by atoms with Crippen LogP contribution in [0.4, 0.5) is 0 Å². The number of hydrogen-bond acceptors (Lipinski definition) is 2. The molecule has 0 N–H and O–H groups in total. The Labute approximate surface area is 261 Å². The molecule has 4 heteroatoms. The van der Waals surface area contributed by atoms with Gasteiger partial charge in [0, 0.05) is 5.56 Å². The first kappa shape index (κ1) is 33.1. The average molecular weight is 663 g/mol. The van der Waals surface area contributed by atoms with E-state index in [0.717, 1.165) is 65.0 Å². The maximum atomic E-state index is 6.36. The van der Waals surface area contributed by atoms with Gasteiger partial charge in [-0.15, -0.1) is 13.2 Å². The van der Waals surface area contributed by atoms with Crippen LogP contribution < -0.4 is 43.4 Å². The highest BCUT2D eigenvalue weighted by Gasteiger charge is 2.12. The van der Waals surface area contributed by atoms with Crippen molar-refractivity contribution in [1.29, 1.82) is 0 Å². The fraction of sp³-hybridized carbons (Fsp3) is 0.222. The monoisotopic (exact) mass is 660 g/mol. The maximum Gasteiger partial charge on any atom is 0.127 e. The molecular weight excluding hydrogens is 624 g/mol. The molecule has 4 aromatic rings. The Kier molecular flexibility index (Phi) is 14.0. The summed E-state index contributed by atoms with van der Waals surface area (Å²) in [5, 5.41) is 0. The Balaban J connectivity index is 0.00000280. The van der Waals surface area contributed by atoms with Crippen LogP contribution >= 0.6 is 0 Å². The van der Waals surface area contributed by atoms with E-state index in [0.29, 0.717) is 13.2 Å². The van der Waals surface area contributed by atoms with Crippen molar-refractivity contribution in [3.63, 3.8) is 0 Å². The standard InChI is InChI=1S/C36H38O2.2BrH/c1-5-9-29-19-21-36(38-26-31-17-13-28(8-4)14-18-31)34(23-29)32-20-22-35(33(24-32)10-6-2)37-25-30-15-11-27(7-3)12-16-30;;/h5-6,11-24H,1-2,7-10,25-26H2,3-4H3;2*1H/p-2. The summed E-state index contributed by atoms with van der Waals surface area (Å²) in [4.78, 5) is 0. The van der Waals surface area contributed by atoms with E-state index in [-0.39, 0.29) is 34.0 Å². The molecular formula is C36H38Br2O2-2. The number of rotatable bonds is 13. The molecule has 40 heavy (non-hydrogen) atoms. The largest absolute Gasteiger partial charge is 1.00 e. The normalized spacial score (nSPS) is 10.2. The van der Waals surface area contributed by atoms with E-state index in [9.17, 15) is 0 Å². The van der Waals surface area contributed by atoms with Gasteiger partial charge >= 0.3 is 0 Å². The SMILES string of the molecule is C=CCc1ccc(OCc2ccc(CC)cc2)c(-c2ccc(OCc3ccc(CC)cc3)c(CC=C)c2)c1.[Br-].[Br-]. The minimum absolute atomic E-state index is 0. The van der Waals surface area contributed by atoms with Gasteiger partial charge in [-0.2, -0.15) is 0 Å². The van der Waals surface area contributed by atoms with Gasteiger partial charge in [0.25, 0.3) is 0 Å². The topological polar surface area (TPSA) is 18.5 Å². The molecule has 0 aromatic heterocycles. The number of allylic oxidation sites excluding steroid dienone is 2. The van der Waals surface area contributed by atoms with Gasteiger partial charge in [-0.1, -0.05) is 86.7 Å². The van der Waals surface area contributed by atoms with E-state index in [1.54, 1.807) is 0 Å². The quantitative estimate of drug-likeness (QED) is 0.205. The summed E-state index contributed by atoms with van der Waals surface area (Å²) in [5.41, 5.74) is 9.47. The minimum Gasteiger partial charge on any atom is -1.00 e. The highest BCUT2D eigenvalue weighted by molar-refractivity contribution is 5.73. The fourth-order valence-electron chi connectivity index (χ4n) is 4.49. The molecule has 0 radical (unpaired) electrons. The lowest BCUT2D eigenvalue weighted by Crippen LogP contribution is -3.00. The van der Waals surface area contributed by atoms with E-state index in [1.807, 2.05) is 12.2 Å². The molecule has 210 valence electrons. The van der Waals surface area contributed by atoms with Crippen molar-refractivity contribution < 1.29 is 43.4 Å². The summed E-state index contributed by atoms with van der Waals surface area (Å²) in [5.74, 6) is 1.75. The van der Waals surface area contributed by atoms with Crippen LogP contribution in [0, 0.1) is 0 Å². The molecule has 0 spiro atoms. The van der Waals surface area contributed by atoms with E-state index in [4.69, 9.17) is 9.47 Å². The van der Waals surface area contributed by atoms with Gasteiger partial charge < -0.3 is 43.4 Å². The van der Waals surface area contributed by atoms with Gasteiger partial charge in [0.1, 0.15) is 24.7 Å². The van der Waals surface area contributed by atoms with Crippen molar-refractivity contribution in [2.45, 2.75) is 52.7 Å². The third-order valence-electron chi connectivity index (χ3n) is 6.81. The van der Waals surface area contributed by atoms with Crippen LogP contribution in [0.1, 0.15) is 47.2 Å². The molecule has 0 bridgehead atoms. The summed E-state index contributed by atoms with van der Waals surface area (Å²) in [6.07, 6.45) is 7.47. The van der Waals surface area contributed by atoms with E-state index in [1.165, 1.54) is 16.7 Å². The second-order valence-corrected chi connectivity index (χ2v) is 9.56.